The van der Waals surface area contributed by atoms with E-state index in [2.05, 4.69) is 44.6 Å². The number of hydrogen-bond acceptors (Lipinski definition) is 8. The molecule has 0 saturated carbocycles. The Labute approximate surface area is 183 Å². The minimum absolute atomic E-state index is 0.135. The topological polar surface area (TPSA) is 99.0 Å². The van der Waals surface area contributed by atoms with Crippen molar-refractivity contribution in [2.75, 3.05) is 37.8 Å². The predicted molar refractivity (Wildman–Crippen MR) is 124 cm³/mol. The summed E-state index contributed by atoms with van der Waals surface area (Å²) >= 11 is 0. The van der Waals surface area contributed by atoms with Crippen molar-refractivity contribution < 1.29 is 4.74 Å². The molecule has 1 atom stereocenters. The lowest BCUT2D eigenvalue weighted by molar-refractivity contribution is 0.169. The third kappa shape index (κ3) is 6.03. The van der Waals surface area contributed by atoms with E-state index < -0.39 is 0 Å². The Morgan fingerprint density at radius 1 is 1.19 bits per heavy atom. The van der Waals surface area contributed by atoms with Gasteiger partial charge in [-0.25, -0.2) is 9.97 Å². The van der Waals surface area contributed by atoms with E-state index in [0.29, 0.717) is 18.2 Å². The fraction of sp³-hybridized carbons (Fsp3) is 0.391. The van der Waals surface area contributed by atoms with Crippen molar-refractivity contribution in [1.29, 1.82) is 5.26 Å². The Bertz CT molecular complexity index is 1060. The van der Waals surface area contributed by atoms with Crippen LogP contribution < -0.4 is 15.4 Å². The summed E-state index contributed by atoms with van der Waals surface area (Å²) in [6.07, 6.45) is 5.49. The van der Waals surface area contributed by atoms with Gasteiger partial charge in [-0.3, -0.25) is 0 Å². The summed E-state index contributed by atoms with van der Waals surface area (Å²) in [5.41, 5.74) is 1.24. The predicted octanol–water partition coefficient (Wildman–Crippen LogP) is 4.18. The standard InChI is InChI=1S/C23H29N7O/c1-5-6-10-25-19-9-7-8-17-11-21(27-13-18(17)19)28-22-14-26-20(12-24)23(29-22)31-16(2)15-30(3)4/h7-9,11,13-14,16,25H,5-6,10,15H2,1-4H3,(H,27,28,29)/t16-/m1/s1. The number of pyridine rings is 1. The fourth-order valence-electron chi connectivity index (χ4n) is 3.26. The van der Waals surface area contributed by atoms with E-state index in [1.165, 1.54) is 6.20 Å². The summed E-state index contributed by atoms with van der Waals surface area (Å²) in [7, 11) is 3.93. The number of fused-ring (bicyclic) bond motifs is 1. The molecular weight excluding hydrogens is 390 g/mol. The zero-order valence-corrected chi connectivity index (χ0v) is 18.5. The second-order valence-electron chi connectivity index (χ2n) is 7.71. The first-order valence-electron chi connectivity index (χ1n) is 10.5. The van der Waals surface area contributed by atoms with Gasteiger partial charge in [-0.05, 0) is 45.0 Å². The first-order chi connectivity index (χ1) is 15.0. The second-order valence-corrected chi connectivity index (χ2v) is 7.71. The van der Waals surface area contributed by atoms with Crippen LogP contribution in [0.5, 0.6) is 5.88 Å². The van der Waals surface area contributed by atoms with Gasteiger partial charge in [0.25, 0.3) is 5.88 Å². The van der Waals surface area contributed by atoms with E-state index in [9.17, 15) is 5.26 Å². The molecule has 0 unspecified atom stereocenters. The molecule has 2 aromatic heterocycles. The Balaban J connectivity index is 1.80. The molecule has 0 radical (unpaired) electrons. The number of aromatic nitrogens is 3. The SMILES string of the molecule is CCCCNc1cccc2cc(Nc3cnc(C#N)c(O[C@H](C)CN(C)C)n3)ncc12. The van der Waals surface area contributed by atoms with Gasteiger partial charge in [0.05, 0.1) is 6.20 Å². The van der Waals surface area contributed by atoms with Gasteiger partial charge in [0, 0.05) is 30.4 Å². The quantitative estimate of drug-likeness (QED) is 0.472. The van der Waals surface area contributed by atoms with Crippen LogP contribution in [0.4, 0.5) is 17.3 Å². The van der Waals surface area contributed by atoms with E-state index in [1.807, 2.05) is 50.3 Å². The number of unbranched alkanes of at least 4 members (excludes halogenated alkanes) is 1. The Hall–Kier alpha value is -3.44. The van der Waals surface area contributed by atoms with Crippen molar-refractivity contribution in [2.45, 2.75) is 32.8 Å². The summed E-state index contributed by atoms with van der Waals surface area (Å²) in [5.74, 6) is 1.32. The van der Waals surface area contributed by atoms with Crippen molar-refractivity contribution in [3.05, 3.63) is 42.4 Å². The van der Waals surface area contributed by atoms with Gasteiger partial charge < -0.3 is 20.3 Å². The molecule has 2 heterocycles. The molecule has 162 valence electrons. The molecule has 0 aliphatic rings. The highest BCUT2D eigenvalue weighted by Gasteiger charge is 2.14. The molecule has 1 aromatic carbocycles. The number of nitrogens with one attached hydrogen (secondary N) is 2. The molecule has 0 spiro atoms. The van der Waals surface area contributed by atoms with Crippen LogP contribution in [0.15, 0.2) is 36.7 Å². The van der Waals surface area contributed by atoms with Gasteiger partial charge in [-0.2, -0.15) is 10.2 Å². The van der Waals surface area contributed by atoms with Gasteiger partial charge in [-0.15, -0.1) is 0 Å². The molecule has 8 nitrogen and oxygen atoms in total. The van der Waals surface area contributed by atoms with Crippen molar-refractivity contribution in [2.24, 2.45) is 0 Å². The number of nitriles is 1. The lowest BCUT2D eigenvalue weighted by atomic mass is 10.1. The van der Waals surface area contributed by atoms with Crippen LogP contribution in [-0.4, -0.2) is 53.1 Å². The van der Waals surface area contributed by atoms with E-state index >= 15 is 0 Å². The number of rotatable bonds is 10. The monoisotopic (exact) mass is 419 g/mol. The molecule has 2 N–H and O–H groups in total. The average molecular weight is 420 g/mol. The second kappa shape index (κ2) is 10.5. The zero-order valence-electron chi connectivity index (χ0n) is 18.5. The van der Waals surface area contributed by atoms with Crippen LogP contribution >= 0.6 is 0 Å². The summed E-state index contributed by atoms with van der Waals surface area (Å²) < 4.78 is 5.85. The molecule has 3 rings (SSSR count). The van der Waals surface area contributed by atoms with Crippen LogP contribution in [-0.2, 0) is 0 Å². The number of nitrogens with zero attached hydrogens (tertiary/aromatic N) is 5. The highest BCUT2D eigenvalue weighted by Crippen LogP contribution is 2.26. The molecule has 0 aliphatic carbocycles. The van der Waals surface area contributed by atoms with E-state index in [0.717, 1.165) is 35.8 Å². The molecule has 0 fully saturated rings. The number of anilines is 3. The maximum Gasteiger partial charge on any atom is 0.253 e. The number of benzene rings is 1. The third-order valence-corrected chi connectivity index (χ3v) is 4.65. The molecule has 8 heteroatoms. The first-order valence-corrected chi connectivity index (χ1v) is 10.5. The van der Waals surface area contributed by atoms with Gasteiger partial charge in [0.15, 0.2) is 5.82 Å². The number of hydrogen-bond donors (Lipinski definition) is 2. The maximum absolute atomic E-state index is 9.33. The van der Waals surface area contributed by atoms with E-state index in [4.69, 9.17) is 4.74 Å². The summed E-state index contributed by atoms with van der Waals surface area (Å²) in [4.78, 5) is 15.2. The molecule has 0 amide bonds. The molecule has 31 heavy (non-hydrogen) atoms. The summed E-state index contributed by atoms with van der Waals surface area (Å²) in [5, 5.41) is 18.1. The van der Waals surface area contributed by atoms with Crippen LogP contribution in [0.25, 0.3) is 10.8 Å². The molecule has 0 bridgehead atoms. The Morgan fingerprint density at radius 3 is 2.77 bits per heavy atom. The Morgan fingerprint density at radius 2 is 2.03 bits per heavy atom. The third-order valence-electron chi connectivity index (χ3n) is 4.65. The van der Waals surface area contributed by atoms with Gasteiger partial charge in [-0.1, -0.05) is 25.5 Å². The molecule has 3 aromatic rings. The normalized spacial score (nSPS) is 11.9. The highest BCUT2D eigenvalue weighted by atomic mass is 16.5. The van der Waals surface area contributed by atoms with Crippen LogP contribution in [0.3, 0.4) is 0 Å². The average Bonchev–Trinajstić information content (AvgIpc) is 2.73. The first kappa shape index (κ1) is 22.2. The zero-order chi connectivity index (χ0) is 22.2. The van der Waals surface area contributed by atoms with Gasteiger partial charge in [0.2, 0.25) is 5.69 Å². The summed E-state index contributed by atoms with van der Waals surface area (Å²) in [6, 6.07) is 10.1. The lowest BCUT2D eigenvalue weighted by Crippen LogP contribution is -2.28. The van der Waals surface area contributed by atoms with E-state index in [1.54, 1.807) is 0 Å². The number of ether oxygens (including phenoxy) is 1. The molecular formula is C23H29N7O. The number of likely N-dealkylation sites (N-methyl/N-ethyl adjacent to an activating group) is 1. The Kier molecular flexibility index (Phi) is 7.57. The van der Waals surface area contributed by atoms with Gasteiger partial charge in [0.1, 0.15) is 18.0 Å². The lowest BCUT2D eigenvalue weighted by Gasteiger charge is -2.18. The van der Waals surface area contributed by atoms with E-state index in [-0.39, 0.29) is 17.7 Å². The fourth-order valence-corrected chi connectivity index (χ4v) is 3.26. The largest absolute Gasteiger partial charge is 0.471 e. The van der Waals surface area contributed by atoms with Crippen molar-refractivity contribution in [1.82, 2.24) is 19.9 Å². The minimum Gasteiger partial charge on any atom is -0.471 e. The van der Waals surface area contributed by atoms with Gasteiger partial charge >= 0.3 is 0 Å². The van der Waals surface area contributed by atoms with Crippen molar-refractivity contribution >= 4 is 28.1 Å². The highest BCUT2D eigenvalue weighted by molar-refractivity contribution is 5.94. The van der Waals surface area contributed by atoms with Crippen molar-refractivity contribution in [3.8, 4) is 11.9 Å². The maximum atomic E-state index is 9.33. The minimum atomic E-state index is -0.135. The van der Waals surface area contributed by atoms with Crippen LogP contribution in [0.2, 0.25) is 0 Å². The molecule has 0 saturated heterocycles. The smallest absolute Gasteiger partial charge is 0.253 e. The van der Waals surface area contributed by atoms with Crippen LogP contribution in [0, 0.1) is 11.3 Å². The van der Waals surface area contributed by atoms with Crippen LogP contribution in [0.1, 0.15) is 32.4 Å². The summed E-state index contributed by atoms with van der Waals surface area (Å²) in [6.45, 7) is 5.74. The van der Waals surface area contributed by atoms with Crippen molar-refractivity contribution in [3.63, 3.8) is 0 Å². The molecule has 0 aliphatic heterocycles.